The number of rotatable bonds is 6. The van der Waals surface area contributed by atoms with Crippen molar-refractivity contribution in [3.63, 3.8) is 0 Å². The number of ether oxygens (including phenoxy) is 1. The lowest BCUT2D eigenvalue weighted by molar-refractivity contribution is -0.123. The van der Waals surface area contributed by atoms with Gasteiger partial charge in [-0.1, -0.05) is 64.5 Å². The van der Waals surface area contributed by atoms with E-state index in [-0.39, 0.29) is 24.3 Å². The number of nitriles is 1. The molecule has 2 amide bonds. The van der Waals surface area contributed by atoms with Gasteiger partial charge in [-0.3, -0.25) is 14.5 Å². The second kappa shape index (κ2) is 9.86. The Morgan fingerprint density at radius 2 is 1.66 bits per heavy atom. The van der Waals surface area contributed by atoms with E-state index < -0.39 is 0 Å². The Hall–Kier alpha value is -3.34. The summed E-state index contributed by atoms with van der Waals surface area (Å²) in [6, 6.07) is 24.2. The number of hydrogen-bond acceptors (Lipinski definition) is 5. The molecule has 0 aliphatic carbocycles. The number of halogens is 1. The Labute approximate surface area is 198 Å². The largest absolute Gasteiger partial charge is 0.489 e. The molecular formula is C25H17BrN2O3S. The molecule has 0 radical (unpaired) electrons. The number of amides is 2. The molecule has 7 heteroatoms. The van der Waals surface area contributed by atoms with Gasteiger partial charge in [0.15, 0.2) is 0 Å². The van der Waals surface area contributed by atoms with Crippen molar-refractivity contribution < 1.29 is 14.3 Å². The summed E-state index contributed by atoms with van der Waals surface area (Å²) in [6.45, 7) is 0.511. The number of carbonyl (C=O) groups excluding carboxylic acids is 2. The van der Waals surface area contributed by atoms with E-state index in [1.54, 1.807) is 24.3 Å². The molecule has 4 rings (SSSR count). The fraction of sp³-hybridized carbons (Fsp3) is 0.0800. The van der Waals surface area contributed by atoms with Gasteiger partial charge in [-0.05, 0) is 53.2 Å². The van der Waals surface area contributed by atoms with E-state index in [1.807, 2.05) is 54.6 Å². The van der Waals surface area contributed by atoms with Gasteiger partial charge in [0.25, 0.3) is 11.1 Å². The summed E-state index contributed by atoms with van der Waals surface area (Å²) in [5.74, 6) is 0.348. The first-order valence-electron chi connectivity index (χ1n) is 9.75. The Bertz CT molecular complexity index is 1250. The first-order valence-corrected chi connectivity index (χ1v) is 11.4. The summed E-state index contributed by atoms with van der Waals surface area (Å²) >= 11 is 4.40. The van der Waals surface area contributed by atoms with Crippen molar-refractivity contribution in [2.45, 2.75) is 13.2 Å². The molecule has 0 saturated carbocycles. The maximum Gasteiger partial charge on any atom is 0.293 e. The minimum absolute atomic E-state index is 0.223. The normalized spacial score (nSPS) is 14.6. The van der Waals surface area contributed by atoms with Crippen LogP contribution in [0.2, 0.25) is 0 Å². The molecule has 0 aromatic heterocycles. The van der Waals surface area contributed by atoms with Crippen LogP contribution in [-0.4, -0.2) is 16.0 Å². The van der Waals surface area contributed by atoms with Gasteiger partial charge in [-0.25, -0.2) is 0 Å². The van der Waals surface area contributed by atoms with Gasteiger partial charge in [-0.15, -0.1) is 0 Å². The Kier molecular flexibility index (Phi) is 6.74. The third-order valence-corrected chi connectivity index (χ3v) is 6.55. The van der Waals surface area contributed by atoms with Crippen LogP contribution in [0.5, 0.6) is 5.75 Å². The third kappa shape index (κ3) is 4.93. The highest BCUT2D eigenvalue weighted by atomic mass is 79.9. The molecule has 1 aliphatic heterocycles. The quantitative estimate of drug-likeness (QED) is 0.377. The maximum atomic E-state index is 12.8. The van der Waals surface area contributed by atoms with Crippen LogP contribution in [-0.2, 0) is 17.9 Å². The van der Waals surface area contributed by atoms with Crippen LogP contribution in [0.3, 0.4) is 0 Å². The molecule has 1 aliphatic rings. The zero-order valence-electron chi connectivity index (χ0n) is 16.8. The van der Waals surface area contributed by atoms with Gasteiger partial charge in [0.05, 0.1) is 23.1 Å². The van der Waals surface area contributed by atoms with E-state index in [4.69, 9.17) is 4.74 Å². The molecular weight excluding hydrogens is 488 g/mol. The minimum atomic E-state index is -0.302. The second-order valence-corrected chi connectivity index (χ2v) is 8.83. The average molecular weight is 505 g/mol. The lowest BCUT2D eigenvalue weighted by Crippen LogP contribution is -2.27. The highest BCUT2D eigenvalue weighted by molar-refractivity contribution is 9.10. The monoisotopic (exact) mass is 504 g/mol. The summed E-state index contributed by atoms with van der Waals surface area (Å²) in [4.78, 5) is 26.8. The lowest BCUT2D eigenvalue weighted by atomic mass is 10.1. The summed E-state index contributed by atoms with van der Waals surface area (Å²) in [5, 5.41) is 8.89. The fourth-order valence-corrected chi connectivity index (χ4v) is 4.41. The van der Waals surface area contributed by atoms with Crippen LogP contribution in [0.15, 0.2) is 82.2 Å². The van der Waals surface area contributed by atoms with Crippen molar-refractivity contribution in [1.82, 2.24) is 4.90 Å². The average Bonchev–Trinajstić information content (AvgIpc) is 3.07. The van der Waals surface area contributed by atoms with Crippen LogP contribution in [0.25, 0.3) is 6.08 Å². The molecule has 0 bridgehead atoms. The number of imide groups is 1. The van der Waals surface area contributed by atoms with Crippen molar-refractivity contribution in [3.8, 4) is 11.8 Å². The zero-order valence-corrected chi connectivity index (χ0v) is 19.2. The van der Waals surface area contributed by atoms with Crippen LogP contribution < -0.4 is 4.74 Å². The standard InChI is InChI=1S/C25H17BrN2O3S/c26-22-8-4-3-6-19(22)15-28-24(29)23(32-25(28)30)13-17-9-11-21(12-10-17)31-16-20-7-2-1-5-18(20)14-27/h1-13H,15-16H2/b23-13-. The Morgan fingerprint density at radius 3 is 2.38 bits per heavy atom. The summed E-state index contributed by atoms with van der Waals surface area (Å²) in [5.41, 5.74) is 3.07. The van der Waals surface area contributed by atoms with E-state index in [1.165, 1.54) is 4.90 Å². The molecule has 0 unspecified atom stereocenters. The summed E-state index contributed by atoms with van der Waals surface area (Å²) in [6.07, 6.45) is 1.71. The number of carbonyl (C=O) groups is 2. The smallest absolute Gasteiger partial charge is 0.293 e. The fourth-order valence-electron chi connectivity index (χ4n) is 3.16. The SMILES string of the molecule is N#Cc1ccccc1COc1ccc(/C=C2\SC(=O)N(Cc3ccccc3Br)C2=O)cc1. The van der Waals surface area contributed by atoms with Crippen LogP contribution >= 0.6 is 27.7 Å². The molecule has 3 aromatic rings. The van der Waals surface area contributed by atoms with E-state index >= 15 is 0 Å². The highest BCUT2D eigenvalue weighted by Crippen LogP contribution is 2.34. The van der Waals surface area contributed by atoms with E-state index in [0.29, 0.717) is 16.2 Å². The predicted octanol–water partition coefficient (Wildman–Crippen LogP) is 6.14. The van der Waals surface area contributed by atoms with Crippen molar-refractivity contribution in [1.29, 1.82) is 5.26 Å². The van der Waals surface area contributed by atoms with E-state index in [9.17, 15) is 14.9 Å². The first kappa shape index (κ1) is 21.9. The van der Waals surface area contributed by atoms with Gasteiger partial charge < -0.3 is 4.74 Å². The number of nitrogens with zero attached hydrogens (tertiary/aromatic N) is 2. The zero-order chi connectivity index (χ0) is 22.5. The van der Waals surface area contributed by atoms with Gasteiger partial charge in [-0.2, -0.15) is 5.26 Å². The number of hydrogen-bond donors (Lipinski definition) is 0. The third-order valence-electron chi connectivity index (χ3n) is 4.87. The molecule has 0 N–H and O–H groups in total. The van der Waals surface area contributed by atoms with Crippen molar-refractivity contribution in [3.05, 3.63) is 104 Å². The van der Waals surface area contributed by atoms with Gasteiger partial charge in [0.1, 0.15) is 12.4 Å². The van der Waals surface area contributed by atoms with Crippen LogP contribution in [0.1, 0.15) is 22.3 Å². The highest BCUT2D eigenvalue weighted by Gasteiger charge is 2.35. The lowest BCUT2D eigenvalue weighted by Gasteiger charge is -2.13. The Balaban J connectivity index is 1.43. The van der Waals surface area contributed by atoms with Gasteiger partial charge in [0, 0.05) is 10.0 Å². The van der Waals surface area contributed by atoms with Crippen molar-refractivity contribution >= 4 is 44.9 Å². The van der Waals surface area contributed by atoms with E-state index in [0.717, 1.165) is 32.9 Å². The molecule has 1 heterocycles. The maximum absolute atomic E-state index is 12.8. The molecule has 1 saturated heterocycles. The summed E-state index contributed by atoms with van der Waals surface area (Å²) in [7, 11) is 0. The number of thioether (sulfide) groups is 1. The topological polar surface area (TPSA) is 70.4 Å². The predicted molar refractivity (Wildman–Crippen MR) is 128 cm³/mol. The van der Waals surface area contributed by atoms with Gasteiger partial charge >= 0.3 is 0 Å². The van der Waals surface area contributed by atoms with Crippen LogP contribution in [0.4, 0.5) is 4.79 Å². The Morgan fingerprint density at radius 1 is 0.969 bits per heavy atom. The summed E-state index contributed by atoms with van der Waals surface area (Å²) < 4.78 is 6.64. The molecule has 1 fully saturated rings. The molecule has 32 heavy (non-hydrogen) atoms. The molecule has 158 valence electrons. The van der Waals surface area contributed by atoms with Crippen LogP contribution in [0, 0.1) is 11.3 Å². The van der Waals surface area contributed by atoms with Crippen molar-refractivity contribution in [2.75, 3.05) is 0 Å². The van der Waals surface area contributed by atoms with E-state index in [2.05, 4.69) is 22.0 Å². The minimum Gasteiger partial charge on any atom is -0.489 e. The van der Waals surface area contributed by atoms with Crippen molar-refractivity contribution in [2.24, 2.45) is 0 Å². The molecule has 3 aromatic carbocycles. The first-order chi connectivity index (χ1) is 15.5. The number of benzene rings is 3. The molecule has 5 nitrogen and oxygen atoms in total. The molecule has 0 atom stereocenters. The molecule has 0 spiro atoms. The second-order valence-electron chi connectivity index (χ2n) is 6.99. The van der Waals surface area contributed by atoms with Gasteiger partial charge in [0.2, 0.25) is 0 Å².